The Morgan fingerprint density at radius 2 is 2.17 bits per heavy atom. The van der Waals surface area contributed by atoms with Crippen LogP contribution in [0.15, 0.2) is 40.2 Å². The molecule has 0 aliphatic rings. The molecule has 4 heteroatoms. The van der Waals surface area contributed by atoms with Gasteiger partial charge in [0.05, 0.1) is 0 Å². The minimum Gasteiger partial charge on any atom is -0.388 e. The number of rotatable bonds is 6. The van der Waals surface area contributed by atoms with Crippen LogP contribution >= 0.6 is 27.3 Å². The lowest BCUT2D eigenvalue weighted by atomic mass is 10.2. The zero-order chi connectivity index (χ0) is 12.8. The number of benzene rings is 1. The van der Waals surface area contributed by atoms with Gasteiger partial charge in [0.15, 0.2) is 0 Å². The zero-order valence-corrected chi connectivity index (χ0v) is 12.8. The molecule has 1 heterocycles. The molecular weight excluding hydrogens is 308 g/mol. The molecule has 2 rings (SSSR count). The Labute approximate surface area is 121 Å². The van der Waals surface area contributed by atoms with Crippen LogP contribution in [0.4, 0.5) is 5.69 Å². The van der Waals surface area contributed by atoms with Crippen LogP contribution in [-0.4, -0.2) is 13.6 Å². The third-order valence-corrected chi connectivity index (χ3v) is 4.47. The smallest absolute Gasteiger partial charge is 0.0340 e. The van der Waals surface area contributed by atoms with Gasteiger partial charge in [-0.25, -0.2) is 0 Å². The Hall–Kier alpha value is -0.840. The molecule has 2 nitrogen and oxygen atoms in total. The van der Waals surface area contributed by atoms with Gasteiger partial charge in [0.1, 0.15) is 0 Å². The summed E-state index contributed by atoms with van der Waals surface area (Å²) >= 11 is 5.28. The first-order valence-corrected chi connectivity index (χ1v) is 7.65. The lowest BCUT2D eigenvalue weighted by Gasteiger charge is -2.06. The fourth-order valence-electron chi connectivity index (χ4n) is 1.77. The Kier molecular flexibility index (Phi) is 5.23. The van der Waals surface area contributed by atoms with Crippen molar-refractivity contribution >= 4 is 33.0 Å². The van der Waals surface area contributed by atoms with Crippen molar-refractivity contribution in [3.05, 3.63) is 50.6 Å². The number of halogens is 1. The van der Waals surface area contributed by atoms with Gasteiger partial charge in [-0.15, -0.1) is 11.3 Å². The highest BCUT2D eigenvalue weighted by Gasteiger charge is 1.98. The van der Waals surface area contributed by atoms with Crippen LogP contribution in [0.5, 0.6) is 0 Å². The van der Waals surface area contributed by atoms with Crippen molar-refractivity contribution in [3.8, 4) is 0 Å². The van der Waals surface area contributed by atoms with Crippen molar-refractivity contribution < 1.29 is 0 Å². The Morgan fingerprint density at radius 1 is 1.28 bits per heavy atom. The molecule has 0 aliphatic heterocycles. The summed E-state index contributed by atoms with van der Waals surface area (Å²) in [5.41, 5.74) is 2.48. The first kappa shape index (κ1) is 13.6. The van der Waals surface area contributed by atoms with E-state index >= 15 is 0 Å². The quantitative estimate of drug-likeness (QED) is 0.788. The average molecular weight is 325 g/mol. The minimum absolute atomic E-state index is 0.919. The Bertz CT molecular complexity index is 496. The first-order valence-electron chi connectivity index (χ1n) is 5.98. The van der Waals surface area contributed by atoms with E-state index in [1.54, 1.807) is 11.3 Å². The van der Waals surface area contributed by atoms with E-state index in [9.17, 15) is 0 Å². The molecule has 0 amide bonds. The lowest BCUT2D eigenvalue weighted by Crippen LogP contribution is -2.16. The largest absolute Gasteiger partial charge is 0.388 e. The van der Waals surface area contributed by atoms with Crippen LogP contribution < -0.4 is 10.6 Å². The van der Waals surface area contributed by atoms with Crippen molar-refractivity contribution in [2.75, 3.05) is 18.9 Å². The molecule has 2 N–H and O–H groups in total. The maximum atomic E-state index is 3.48. The summed E-state index contributed by atoms with van der Waals surface area (Å²) in [6.07, 6.45) is 1.09. The molecule has 0 fully saturated rings. The third kappa shape index (κ3) is 4.12. The predicted molar refractivity (Wildman–Crippen MR) is 83.4 cm³/mol. The third-order valence-electron chi connectivity index (χ3n) is 2.71. The summed E-state index contributed by atoms with van der Waals surface area (Å²) in [7, 11) is 1.95. The predicted octanol–water partition coefficient (Wildman–Crippen LogP) is 3.88. The normalized spacial score (nSPS) is 10.6. The van der Waals surface area contributed by atoms with Crippen molar-refractivity contribution in [2.45, 2.75) is 13.0 Å². The van der Waals surface area contributed by atoms with Gasteiger partial charge in [-0.3, -0.25) is 0 Å². The lowest BCUT2D eigenvalue weighted by molar-refractivity contribution is 0.691. The van der Waals surface area contributed by atoms with Crippen LogP contribution in [0, 0.1) is 0 Å². The minimum atomic E-state index is 0.919. The summed E-state index contributed by atoms with van der Waals surface area (Å²) < 4.78 is 1.18. The van der Waals surface area contributed by atoms with Crippen molar-refractivity contribution in [3.63, 3.8) is 0 Å². The molecule has 0 unspecified atom stereocenters. The SMILES string of the molecule is CNc1cccc(CNCCc2cc(Br)cs2)c1. The van der Waals surface area contributed by atoms with E-state index in [0.717, 1.165) is 25.2 Å². The zero-order valence-electron chi connectivity index (χ0n) is 10.4. The van der Waals surface area contributed by atoms with E-state index < -0.39 is 0 Å². The van der Waals surface area contributed by atoms with Crippen molar-refractivity contribution in [1.29, 1.82) is 0 Å². The summed E-state index contributed by atoms with van der Waals surface area (Å²) in [4.78, 5) is 1.42. The molecule has 0 saturated heterocycles. The Morgan fingerprint density at radius 3 is 2.89 bits per heavy atom. The van der Waals surface area contributed by atoms with Crippen LogP contribution in [0.1, 0.15) is 10.4 Å². The van der Waals surface area contributed by atoms with Gasteiger partial charge in [0.2, 0.25) is 0 Å². The topological polar surface area (TPSA) is 24.1 Å². The average Bonchev–Trinajstić information content (AvgIpc) is 2.81. The fraction of sp³-hybridized carbons (Fsp3) is 0.286. The maximum Gasteiger partial charge on any atom is 0.0340 e. The van der Waals surface area contributed by atoms with E-state index in [1.165, 1.54) is 14.9 Å². The highest BCUT2D eigenvalue weighted by atomic mass is 79.9. The van der Waals surface area contributed by atoms with E-state index in [2.05, 4.69) is 62.3 Å². The molecule has 0 aliphatic carbocycles. The van der Waals surface area contributed by atoms with Gasteiger partial charge in [-0.1, -0.05) is 12.1 Å². The van der Waals surface area contributed by atoms with Gasteiger partial charge in [-0.2, -0.15) is 0 Å². The summed E-state index contributed by atoms with van der Waals surface area (Å²) in [6.45, 7) is 1.93. The Balaban J connectivity index is 1.74. The van der Waals surface area contributed by atoms with E-state index in [-0.39, 0.29) is 0 Å². The second-order valence-corrected chi connectivity index (χ2v) is 6.02. The molecule has 0 radical (unpaired) electrons. The number of hydrogen-bond donors (Lipinski definition) is 2. The highest BCUT2D eigenvalue weighted by Crippen LogP contribution is 2.19. The standard InChI is InChI=1S/C14H17BrN2S/c1-16-13-4-2-3-11(7-13)9-17-6-5-14-8-12(15)10-18-14/h2-4,7-8,10,16-17H,5-6,9H2,1H3. The van der Waals surface area contributed by atoms with Gasteiger partial charge < -0.3 is 10.6 Å². The number of hydrogen-bond acceptors (Lipinski definition) is 3. The summed E-state index contributed by atoms with van der Waals surface area (Å²) in [5.74, 6) is 0. The number of anilines is 1. The molecule has 0 bridgehead atoms. The fourth-order valence-corrected chi connectivity index (χ4v) is 3.22. The van der Waals surface area contributed by atoms with E-state index in [0.29, 0.717) is 0 Å². The second kappa shape index (κ2) is 6.92. The van der Waals surface area contributed by atoms with Crippen LogP contribution in [0.3, 0.4) is 0 Å². The molecule has 18 heavy (non-hydrogen) atoms. The molecule has 2 aromatic rings. The number of nitrogens with one attached hydrogen (secondary N) is 2. The van der Waals surface area contributed by atoms with Gasteiger partial charge in [0, 0.05) is 40.6 Å². The van der Waals surface area contributed by atoms with Crippen molar-refractivity contribution in [1.82, 2.24) is 5.32 Å². The molecule has 96 valence electrons. The summed E-state index contributed by atoms with van der Waals surface area (Å²) in [6, 6.07) is 10.7. The second-order valence-electron chi connectivity index (χ2n) is 4.11. The van der Waals surface area contributed by atoms with Crippen molar-refractivity contribution in [2.24, 2.45) is 0 Å². The molecule has 1 aromatic carbocycles. The highest BCUT2D eigenvalue weighted by molar-refractivity contribution is 9.10. The van der Waals surface area contributed by atoms with Gasteiger partial charge in [0.25, 0.3) is 0 Å². The monoisotopic (exact) mass is 324 g/mol. The number of thiophene rings is 1. The summed E-state index contributed by atoms with van der Waals surface area (Å²) in [5, 5.41) is 8.76. The maximum absolute atomic E-state index is 3.48. The van der Waals surface area contributed by atoms with Gasteiger partial charge >= 0.3 is 0 Å². The molecule has 0 saturated carbocycles. The molecular formula is C14H17BrN2S. The van der Waals surface area contributed by atoms with Gasteiger partial charge in [-0.05, 0) is 46.1 Å². The van der Waals surface area contributed by atoms with Crippen LogP contribution in [-0.2, 0) is 13.0 Å². The molecule has 0 spiro atoms. The van der Waals surface area contributed by atoms with E-state index in [4.69, 9.17) is 0 Å². The van der Waals surface area contributed by atoms with Crippen LogP contribution in [0.2, 0.25) is 0 Å². The first-order chi connectivity index (χ1) is 8.78. The van der Waals surface area contributed by atoms with Crippen LogP contribution in [0.25, 0.3) is 0 Å². The molecule has 1 aromatic heterocycles. The van der Waals surface area contributed by atoms with E-state index in [1.807, 2.05) is 7.05 Å². The molecule has 0 atom stereocenters.